The van der Waals surface area contributed by atoms with Crippen LogP contribution in [0.2, 0.25) is 0 Å². The van der Waals surface area contributed by atoms with Crippen molar-refractivity contribution in [2.75, 3.05) is 39.8 Å². The molecule has 2 fully saturated rings. The Morgan fingerprint density at radius 1 is 1.29 bits per heavy atom. The molecule has 2 aliphatic heterocycles. The van der Waals surface area contributed by atoms with E-state index >= 15 is 0 Å². The molecule has 0 saturated carbocycles. The van der Waals surface area contributed by atoms with E-state index in [2.05, 4.69) is 15.1 Å². The summed E-state index contributed by atoms with van der Waals surface area (Å²) >= 11 is 0. The van der Waals surface area contributed by atoms with Crippen LogP contribution >= 0.6 is 0 Å². The van der Waals surface area contributed by atoms with E-state index in [0.29, 0.717) is 6.42 Å². The maximum atomic E-state index is 11.2. The largest absolute Gasteiger partial charge is 0.480 e. The minimum absolute atomic E-state index is 0.697. The van der Waals surface area contributed by atoms with Gasteiger partial charge in [0, 0.05) is 12.6 Å². The van der Waals surface area contributed by atoms with Gasteiger partial charge in [-0.15, -0.1) is 0 Å². The van der Waals surface area contributed by atoms with Crippen LogP contribution < -0.4 is 5.32 Å². The number of likely N-dealkylation sites (N-methyl/N-ethyl adjacent to an activating group) is 1. The number of hydrogen-bond donors (Lipinski definition) is 2. The second-order valence-corrected chi connectivity index (χ2v) is 6.83. The molecule has 2 N–H and O–H groups in total. The van der Waals surface area contributed by atoms with Crippen LogP contribution in [0, 0.1) is 0 Å². The second-order valence-electron chi connectivity index (χ2n) is 6.83. The summed E-state index contributed by atoms with van der Waals surface area (Å²) in [4.78, 5) is 16.4. The zero-order chi connectivity index (χ0) is 15.3. The van der Waals surface area contributed by atoms with Gasteiger partial charge >= 0.3 is 5.97 Å². The SMILES string of the molecule is CNC(C)(CCCCN1CCC(N2CCCC2)C1)C(=O)O. The van der Waals surface area contributed by atoms with E-state index in [1.54, 1.807) is 14.0 Å². The number of carboxylic acids is 1. The quantitative estimate of drug-likeness (QED) is 0.663. The first kappa shape index (κ1) is 16.7. The molecule has 0 aromatic carbocycles. The third-order valence-corrected chi connectivity index (χ3v) is 5.33. The van der Waals surface area contributed by atoms with Crippen molar-refractivity contribution in [1.29, 1.82) is 0 Å². The predicted molar refractivity (Wildman–Crippen MR) is 84.6 cm³/mol. The van der Waals surface area contributed by atoms with Gasteiger partial charge in [-0.05, 0) is 78.7 Å². The first-order valence-corrected chi connectivity index (χ1v) is 8.44. The van der Waals surface area contributed by atoms with Crippen molar-refractivity contribution in [1.82, 2.24) is 15.1 Å². The first-order chi connectivity index (χ1) is 10.0. The molecule has 0 radical (unpaired) electrons. The fourth-order valence-corrected chi connectivity index (χ4v) is 3.57. The van der Waals surface area contributed by atoms with Gasteiger partial charge in [-0.2, -0.15) is 0 Å². The number of rotatable bonds is 8. The second kappa shape index (κ2) is 7.56. The van der Waals surface area contributed by atoms with Crippen LogP contribution in [0.3, 0.4) is 0 Å². The van der Waals surface area contributed by atoms with Gasteiger partial charge in [0.25, 0.3) is 0 Å². The highest BCUT2D eigenvalue weighted by Gasteiger charge is 2.31. The maximum Gasteiger partial charge on any atom is 0.323 e. The minimum atomic E-state index is -0.775. The third kappa shape index (κ3) is 4.41. The summed E-state index contributed by atoms with van der Waals surface area (Å²) in [7, 11) is 1.73. The molecule has 2 aliphatic rings. The molecule has 0 bridgehead atoms. The van der Waals surface area contributed by atoms with Crippen molar-refractivity contribution in [2.24, 2.45) is 0 Å². The van der Waals surface area contributed by atoms with Crippen molar-refractivity contribution in [3.05, 3.63) is 0 Å². The zero-order valence-electron chi connectivity index (χ0n) is 13.6. The number of aliphatic carboxylic acids is 1. The molecule has 21 heavy (non-hydrogen) atoms. The van der Waals surface area contributed by atoms with E-state index in [4.69, 9.17) is 0 Å². The molecule has 2 saturated heterocycles. The summed E-state index contributed by atoms with van der Waals surface area (Å²) in [5, 5.41) is 12.2. The van der Waals surface area contributed by atoms with Gasteiger partial charge in [0.05, 0.1) is 0 Å². The highest BCUT2D eigenvalue weighted by Crippen LogP contribution is 2.21. The maximum absolute atomic E-state index is 11.2. The molecule has 2 unspecified atom stereocenters. The van der Waals surface area contributed by atoms with Crippen molar-refractivity contribution >= 4 is 5.97 Å². The Hall–Kier alpha value is -0.650. The minimum Gasteiger partial charge on any atom is -0.480 e. The average molecular weight is 297 g/mol. The molecule has 2 heterocycles. The molecule has 2 rings (SSSR count). The molecule has 0 aromatic heterocycles. The normalized spacial score (nSPS) is 27.0. The molecular formula is C16H31N3O2. The number of nitrogens with one attached hydrogen (secondary N) is 1. The van der Waals surface area contributed by atoms with Crippen molar-refractivity contribution in [3.63, 3.8) is 0 Å². The topological polar surface area (TPSA) is 55.8 Å². The Morgan fingerprint density at radius 3 is 2.62 bits per heavy atom. The Balaban J connectivity index is 1.62. The highest BCUT2D eigenvalue weighted by atomic mass is 16.4. The number of likely N-dealkylation sites (tertiary alicyclic amines) is 2. The highest BCUT2D eigenvalue weighted by molar-refractivity contribution is 5.78. The van der Waals surface area contributed by atoms with Crippen molar-refractivity contribution < 1.29 is 9.90 Å². The van der Waals surface area contributed by atoms with Crippen LogP contribution in [0.15, 0.2) is 0 Å². The summed E-state index contributed by atoms with van der Waals surface area (Å²) in [5.41, 5.74) is -0.775. The molecule has 2 atom stereocenters. The molecule has 5 nitrogen and oxygen atoms in total. The molecular weight excluding hydrogens is 266 g/mol. The van der Waals surface area contributed by atoms with Gasteiger partial charge in [-0.3, -0.25) is 9.69 Å². The standard InChI is InChI=1S/C16H31N3O2/c1-16(17-2,15(20)21)8-3-4-9-18-12-7-14(13-18)19-10-5-6-11-19/h14,17H,3-13H2,1-2H3,(H,20,21). The predicted octanol–water partition coefficient (Wildman–Crippen LogP) is 1.39. The fraction of sp³-hybridized carbons (Fsp3) is 0.938. The van der Waals surface area contributed by atoms with E-state index in [-0.39, 0.29) is 0 Å². The van der Waals surface area contributed by atoms with Gasteiger partial charge in [0.15, 0.2) is 0 Å². The summed E-state index contributed by atoms with van der Waals surface area (Å²) in [6, 6.07) is 0.772. The zero-order valence-corrected chi connectivity index (χ0v) is 13.6. The van der Waals surface area contributed by atoms with Gasteiger partial charge in [-0.25, -0.2) is 0 Å². The van der Waals surface area contributed by atoms with Gasteiger partial charge in [0.1, 0.15) is 5.54 Å². The van der Waals surface area contributed by atoms with E-state index in [9.17, 15) is 9.90 Å². The Kier molecular flexibility index (Phi) is 6.02. The summed E-state index contributed by atoms with van der Waals surface area (Å²) in [5.74, 6) is -0.750. The lowest BCUT2D eigenvalue weighted by Crippen LogP contribution is -2.47. The van der Waals surface area contributed by atoms with E-state index < -0.39 is 11.5 Å². The van der Waals surface area contributed by atoms with Gasteiger partial charge < -0.3 is 15.3 Å². The molecule has 5 heteroatoms. The molecule has 0 aromatic rings. The van der Waals surface area contributed by atoms with Crippen LogP contribution in [0.1, 0.15) is 45.4 Å². The van der Waals surface area contributed by atoms with Crippen LogP contribution in [-0.2, 0) is 4.79 Å². The molecule has 122 valence electrons. The number of carboxylic acid groups (broad SMARTS) is 1. The number of unbranched alkanes of at least 4 members (excludes halogenated alkanes) is 1. The van der Waals surface area contributed by atoms with Gasteiger partial charge in [0.2, 0.25) is 0 Å². The number of nitrogens with zero attached hydrogens (tertiary/aromatic N) is 2. The van der Waals surface area contributed by atoms with Crippen LogP contribution in [-0.4, -0.2) is 72.2 Å². The van der Waals surface area contributed by atoms with Crippen LogP contribution in [0.25, 0.3) is 0 Å². The monoisotopic (exact) mass is 297 g/mol. The fourth-order valence-electron chi connectivity index (χ4n) is 3.57. The number of hydrogen-bond acceptors (Lipinski definition) is 4. The number of carbonyl (C=O) groups is 1. The van der Waals surface area contributed by atoms with Crippen LogP contribution in [0.5, 0.6) is 0 Å². The summed E-state index contributed by atoms with van der Waals surface area (Å²) in [6.45, 7) is 7.89. The van der Waals surface area contributed by atoms with E-state index in [0.717, 1.165) is 25.4 Å². The molecule has 0 amide bonds. The smallest absolute Gasteiger partial charge is 0.323 e. The average Bonchev–Trinajstić information content (AvgIpc) is 3.13. The first-order valence-electron chi connectivity index (χ1n) is 8.44. The molecule has 0 aliphatic carbocycles. The van der Waals surface area contributed by atoms with Crippen molar-refractivity contribution in [3.8, 4) is 0 Å². The van der Waals surface area contributed by atoms with Crippen LogP contribution in [0.4, 0.5) is 0 Å². The summed E-state index contributed by atoms with van der Waals surface area (Å²) in [6.07, 6.45) is 6.81. The molecule has 0 spiro atoms. The third-order valence-electron chi connectivity index (χ3n) is 5.33. The van der Waals surface area contributed by atoms with E-state index in [1.807, 2.05) is 0 Å². The Labute approximate surface area is 128 Å². The Morgan fingerprint density at radius 2 is 2.00 bits per heavy atom. The van der Waals surface area contributed by atoms with Crippen molar-refractivity contribution in [2.45, 2.75) is 57.0 Å². The Bertz CT molecular complexity index is 344. The summed E-state index contributed by atoms with van der Waals surface area (Å²) < 4.78 is 0. The lowest BCUT2D eigenvalue weighted by Gasteiger charge is -2.25. The van der Waals surface area contributed by atoms with Gasteiger partial charge in [-0.1, -0.05) is 0 Å². The lowest BCUT2D eigenvalue weighted by molar-refractivity contribution is -0.144. The van der Waals surface area contributed by atoms with E-state index in [1.165, 1.54) is 45.4 Å². The lowest BCUT2D eigenvalue weighted by atomic mass is 9.95.